The third-order valence-electron chi connectivity index (χ3n) is 7.09. The molecule has 1 fully saturated rings. The number of amides is 1. The number of likely N-dealkylation sites (tertiary alicyclic amines) is 1. The maximum Gasteiger partial charge on any atom is 0.412 e. The van der Waals surface area contributed by atoms with Gasteiger partial charge in [-0.1, -0.05) is 49.2 Å². The molecule has 0 aliphatic carbocycles. The fraction of sp³-hybridized carbons (Fsp3) is 0.364. The molecule has 0 saturated carbocycles. The van der Waals surface area contributed by atoms with E-state index in [9.17, 15) is 4.79 Å². The Morgan fingerprint density at radius 2 is 1.31 bits per heavy atom. The fourth-order valence-electron chi connectivity index (χ4n) is 4.93. The third-order valence-corrected chi connectivity index (χ3v) is 7.09. The van der Waals surface area contributed by atoms with E-state index in [0.29, 0.717) is 18.9 Å². The van der Waals surface area contributed by atoms with Crippen molar-refractivity contribution in [2.24, 2.45) is 0 Å². The molecule has 39 heavy (non-hydrogen) atoms. The van der Waals surface area contributed by atoms with Crippen LogP contribution in [0.3, 0.4) is 0 Å². The zero-order chi connectivity index (χ0) is 27.5. The summed E-state index contributed by atoms with van der Waals surface area (Å²) in [6.45, 7) is 8.51. The Hall–Kier alpha value is -3.77. The van der Waals surface area contributed by atoms with Gasteiger partial charge in [-0.3, -0.25) is 4.90 Å². The number of hydrogen-bond donors (Lipinski definition) is 1. The number of benzene rings is 3. The van der Waals surface area contributed by atoms with Crippen LogP contribution < -0.4 is 19.5 Å². The molecular formula is C33H40N2O4. The first-order valence-electron chi connectivity index (χ1n) is 13.9. The number of carbonyl (C=O) groups is 1. The lowest BCUT2D eigenvalue weighted by Gasteiger charge is -2.20. The number of methoxy groups -OCH3 is 1. The van der Waals surface area contributed by atoms with Crippen molar-refractivity contribution in [3.8, 4) is 17.2 Å². The van der Waals surface area contributed by atoms with E-state index in [1.165, 1.54) is 38.8 Å². The molecule has 1 aliphatic heterocycles. The Morgan fingerprint density at radius 3 is 1.87 bits per heavy atom. The highest BCUT2D eigenvalue weighted by Crippen LogP contribution is 2.34. The molecule has 1 heterocycles. The van der Waals surface area contributed by atoms with Crippen LogP contribution in [-0.2, 0) is 0 Å². The van der Waals surface area contributed by atoms with E-state index in [1.54, 1.807) is 7.11 Å². The number of hydrogen-bond acceptors (Lipinski definition) is 5. The van der Waals surface area contributed by atoms with Gasteiger partial charge in [-0.25, -0.2) is 4.79 Å². The van der Waals surface area contributed by atoms with Gasteiger partial charge in [0.25, 0.3) is 0 Å². The number of nitrogens with one attached hydrogen (secondary N) is 1. The molecule has 0 atom stereocenters. The molecule has 3 aromatic rings. The highest BCUT2D eigenvalue weighted by molar-refractivity contribution is 5.98. The molecular weight excluding hydrogens is 488 g/mol. The summed E-state index contributed by atoms with van der Waals surface area (Å²) in [4.78, 5) is 14.4. The number of carbonyl (C=O) groups excluding carboxylic acids is 1. The summed E-state index contributed by atoms with van der Waals surface area (Å²) in [6, 6.07) is 24.0. The van der Waals surface area contributed by atoms with Gasteiger partial charge in [0, 0.05) is 13.1 Å². The Labute approximate surface area is 232 Å². The number of rotatable bonds is 10. The maximum atomic E-state index is 11.8. The predicted octanol–water partition coefficient (Wildman–Crippen LogP) is 7.04. The monoisotopic (exact) mass is 528 g/mol. The summed E-state index contributed by atoms with van der Waals surface area (Å²) < 4.78 is 16.8. The Bertz CT molecular complexity index is 1210. The summed E-state index contributed by atoms with van der Waals surface area (Å²) in [7, 11) is 1.67. The predicted molar refractivity (Wildman–Crippen MR) is 158 cm³/mol. The zero-order valence-electron chi connectivity index (χ0n) is 23.4. The van der Waals surface area contributed by atoms with Crippen LogP contribution in [0, 0.1) is 0 Å². The topological polar surface area (TPSA) is 60.0 Å². The molecule has 4 rings (SSSR count). The van der Waals surface area contributed by atoms with Gasteiger partial charge in [0.15, 0.2) is 0 Å². The Kier molecular flexibility index (Phi) is 10.4. The van der Waals surface area contributed by atoms with Crippen LogP contribution in [0.2, 0.25) is 0 Å². The van der Waals surface area contributed by atoms with Gasteiger partial charge in [0.2, 0.25) is 0 Å². The maximum absolute atomic E-state index is 11.8. The minimum absolute atomic E-state index is 0.457. The van der Waals surface area contributed by atoms with Crippen LogP contribution in [0.15, 0.2) is 72.8 Å². The normalized spacial score (nSPS) is 14.6. The lowest BCUT2D eigenvalue weighted by Crippen LogP contribution is -2.29. The fourth-order valence-corrected chi connectivity index (χ4v) is 4.93. The lowest BCUT2D eigenvalue weighted by atomic mass is 9.90. The standard InChI is InChI=1S/C33H40N2O4/c1-4-34-33(36)39-31-19-13-28(14-20-31)32(25(2)26-9-15-29(37-3)16-10-26)27-11-17-30(18-12-27)38-24-23-35-21-7-5-6-8-22-35/h9-20H,4-8,21-24H2,1-3H3,(H,34,36)/b32-25-. The molecule has 1 amide bonds. The van der Waals surface area contributed by atoms with E-state index in [0.717, 1.165) is 45.9 Å². The van der Waals surface area contributed by atoms with Crippen molar-refractivity contribution in [2.75, 3.05) is 39.9 Å². The van der Waals surface area contributed by atoms with Gasteiger partial charge in [0.1, 0.15) is 23.9 Å². The molecule has 1 saturated heterocycles. The van der Waals surface area contributed by atoms with Crippen LogP contribution in [0.5, 0.6) is 17.2 Å². The van der Waals surface area contributed by atoms with E-state index in [2.05, 4.69) is 41.4 Å². The minimum Gasteiger partial charge on any atom is -0.497 e. The van der Waals surface area contributed by atoms with Crippen LogP contribution in [0.4, 0.5) is 4.79 Å². The van der Waals surface area contributed by atoms with E-state index >= 15 is 0 Å². The molecule has 6 heteroatoms. The van der Waals surface area contributed by atoms with Crippen molar-refractivity contribution >= 4 is 17.2 Å². The smallest absolute Gasteiger partial charge is 0.412 e. The van der Waals surface area contributed by atoms with Gasteiger partial charge >= 0.3 is 6.09 Å². The van der Waals surface area contributed by atoms with Crippen LogP contribution in [0.25, 0.3) is 11.1 Å². The second-order valence-corrected chi connectivity index (χ2v) is 9.80. The number of nitrogens with zero attached hydrogens (tertiary/aromatic N) is 1. The zero-order valence-corrected chi connectivity index (χ0v) is 23.4. The van der Waals surface area contributed by atoms with Gasteiger partial charge in [-0.2, -0.15) is 0 Å². The van der Waals surface area contributed by atoms with E-state index < -0.39 is 6.09 Å². The van der Waals surface area contributed by atoms with Crippen LogP contribution in [-0.4, -0.2) is 50.9 Å². The van der Waals surface area contributed by atoms with Crippen molar-refractivity contribution in [3.63, 3.8) is 0 Å². The highest BCUT2D eigenvalue weighted by atomic mass is 16.6. The average Bonchev–Trinajstić information content (AvgIpc) is 3.24. The molecule has 0 spiro atoms. The van der Waals surface area contributed by atoms with Crippen molar-refractivity contribution in [3.05, 3.63) is 89.5 Å². The molecule has 6 nitrogen and oxygen atoms in total. The summed E-state index contributed by atoms with van der Waals surface area (Å²) in [6.07, 6.45) is 4.80. The van der Waals surface area contributed by atoms with E-state index in [-0.39, 0.29) is 0 Å². The number of allylic oxidation sites excluding steroid dienone is 1. The molecule has 3 aromatic carbocycles. The highest BCUT2D eigenvalue weighted by Gasteiger charge is 2.13. The van der Waals surface area contributed by atoms with E-state index in [4.69, 9.17) is 14.2 Å². The summed E-state index contributed by atoms with van der Waals surface area (Å²) in [5, 5.41) is 2.65. The molecule has 1 N–H and O–H groups in total. The lowest BCUT2D eigenvalue weighted by molar-refractivity contribution is 0.201. The van der Waals surface area contributed by atoms with Crippen LogP contribution >= 0.6 is 0 Å². The Morgan fingerprint density at radius 1 is 0.769 bits per heavy atom. The first kappa shape index (κ1) is 28.2. The van der Waals surface area contributed by atoms with Crippen molar-refractivity contribution in [1.29, 1.82) is 0 Å². The molecule has 0 unspecified atom stereocenters. The molecule has 0 radical (unpaired) electrons. The summed E-state index contributed by atoms with van der Waals surface area (Å²) in [5.41, 5.74) is 5.44. The minimum atomic E-state index is -0.457. The second-order valence-electron chi connectivity index (χ2n) is 9.80. The van der Waals surface area contributed by atoms with Crippen molar-refractivity contribution in [1.82, 2.24) is 10.2 Å². The molecule has 0 aromatic heterocycles. The number of ether oxygens (including phenoxy) is 3. The van der Waals surface area contributed by atoms with Gasteiger partial charge in [-0.05, 0) is 104 Å². The molecule has 1 aliphatic rings. The van der Waals surface area contributed by atoms with Gasteiger partial charge < -0.3 is 19.5 Å². The molecule has 206 valence electrons. The summed E-state index contributed by atoms with van der Waals surface area (Å²) >= 11 is 0. The van der Waals surface area contributed by atoms with Gasteiger partial charge in [0.05, 0.1) is 7.11 Å². The molecule has 0 bridgehead atoms. The third kappa shape index (κ3) is 8.11. The largest absolute Gasteiger partial charge is 0.497 e. The first-order valence-corrected chi connectivity index (χ1v) is 13.9. The Balaban J connectivity index is 1.55. The van der Waals surface area contributed by atoms with Gasteiger partial charge in [-0.15, -0.1) is 0 Å². The quantitative estimate of drug-likeness (QED) is 0.286. The van der Waals surface area contributed by atoms with Crippen molar-refractivity contribution < 1.29 is 19.0 Å². The summed E-state index contributed by atoms with van der Waals surface area (Å²) in [5.74, 6) is 2.20. The SMILES string of the molecule is CCNC(=O)Oc1ccc(/C(=C(/C)c2ccc(OC)cc2)c2ccc(OCCN3CCCCCC3)cc2)cc1. The van der Waals surface area contributed by atoms with E-state index in [1.807, 2.05) is 55.5 Å². The average molecular weight is 529 g/mol. The van der Waals surface area contributed by atoms with Crippen molar-refractivity contribution in [2.45, 2.75) is 39.5 Å². The second kappa shape index (κ2) is 14.4. The first-order chi connectivity index (χ1) is 19.1. The van der Waals surface area contributed by atoms with Crippen LogP contribution in [0.1, 0.15) is 56.2 Å².